The van der Waals surface area contributed by atoms with Crippen molar-refractivity contribution in [2.45, 2.75) is 301 Å². The molecule has 42 nitrogen and oxygen atoms in total. The molecule has 0 saturated carbocycles. The first-order valence-corrected chi connectivity index (χ1v) is 33.2. The first-order chi connectivity index (χ1) is 48.1. The molecule has 7 saturated heterocycles. The van der Waals surface area contributed by atoms with Crippen molar-refractivity contribution in [3.8, 4) is 0 Å². The van der Waals surface area contributed by atoms with Gasteiger partial charge in [0.2, 0.25) is 0 Å². The van der Waals surface area contributed by atoms with Gasteiger partial charge in [-0.05, 0) is 25.0 Å². The molecular formula is C63H124BFIN2O40. The molecular weight excluding hydrogens is 1580 g/mol. The molecule has 7 aliphatic heterocycles. The van der Waals surface area contributed by atoms with Crippen LogP contribution in [0, 0.1) is 11.8 Å². The molecule has 0 aromatic heterocycles. The van der Waals surface area contributed by atoms with Crippen molar-refractivity contribution >= 4 is 32.4 Å². The van der Waals surface area contributed by atoms with Crippen molar-refractivity contribution in [1.82, 2.24) is 10.6 Å². The molecule has 43 unspecified atom stereocenters. The van der Waals surface area contributed by atoms with E-state index in [0.29, 0.717) is 5.57 Å². The number of aliphatic hydroxyl groups is 27. The van der Waals surface area contributed by atoms with Crippen LogP contribution < -0.4 is 10.6 Å². The molecule has 0 aromatic carbocycles. The van der Waals surface area contributed by atoms with Crippen molar-refractivity contribution < 1.29 is 207 Å². The van der Waals surface area contributed by atoms with Gasteiger partial charge < -0.3 is 210 Å². The number of hydrogen-bond acceptors (Lipinski definition) is 42. The van der Waals surface area contributed by atoms with Crippen LogP contribution >= 0.6 is 24.0 Å². The molecule has 9 aliphatic rings. The molecule has 7 fully saturated rings. The molecule has 2 aliphatic carbocycles. The van der Waals surface area contributed by atoms with E-state index < -0.39 is 303 Å². The number of nitrogens with one attached hydrogen (secondary N) is 2. The second-order valence-electron chi connectivity index (χ2n) is 26.6. The third kappa shape index (κ3) is 23.0. The first kappa shape index (κ1) is 105. The van der Waals surface area contributed by atoms with Gasteiger partial charge in [0.15, 0.2) is 44.0 Å². The van der Waals surface area contributed by atoms with Gasteiger partial charge in [-0.15, -0.1) is 24.0 Å². The largest absolute Gasteiger partial charge is 0.394 e. The van der Waals surface area contributed by atoms with Gasteiger partial charge in [0, 0.05) is 37.3 Å². The number of halogens is 2. The molecule has 0 spiro atoms. The highest BCUT2D eigenvalue weighted by atomic mass is 127. The van der Waals surface area contributed by atoms with E-state index in [-0.39, 0.29) is 74.4 Å². The molecule has 0 aromatic rings. The molecule has 0 amide bonds. The summed E-state index contributed by atoms with van der Waals surface area (Å²) in [5, 5.41) is 279. The van der Waals surface area contributed by atoms with E-state index in [2.05, 4.69) is 10.6 Å². The third-order valence-corrected chi connectivity index (χ3v) is 20.0. The predicted octanol–water partition coefficient (Wildman–Crippen LogP) is -13.7. The lowest BCUT2D eigenvalue weighted by Crippen LogP contribution is -2.68. The van der Waals surface area contributed by atoms with Crippen LogP contribution in [-0.2, 0) is 61.6 Å². The number of hydrogen-bond donors (Lipinski definition) is 29. The molecule has 43 atom stereocenters. The minimum Gasteiger partial charge on any atom is -0.394 e. The fourth-order valence-electron chi connectivity index (χ4n) is 13.5. The summed E-state index contributed by atoms with van der Waals surface area (Å²) in [6.07, 6.45) is -50.1. The summed E-state index contributed by atoms with van der Waals surface area (Å²) in [7, 11) is 2.51. The Balaban J connectivity index is 0. The van der Waals surface area contributed by atoms with E-state index in [1.807, 2.05) is 0 Å². The topological polar surface area (TPSA) is 690 Å². The SMILES string of the molecule is C.C.C.CC1C(CO)OC(OC2C(CO)OC(OC3C(CO)OC(O)C(O)C3O)C(O)C2O)C(O)C1O.COC1OC(CO)C(OC2OC(C)C(NC3C=C(CO)C(C)C(O)C3O)C(O)C2O)C(O)C1O.COC1OC(CO)C(OC2OC(C)C(NC3C=C(CO)C(O)C(O)C3O)C(O)C2O)C(O)C1O.F.I.[2HH].[B].[HH]. The molecule has 108 heavy (non-hydrogen) atoms. The lowest BCUT2D eigenvalue weighted by Gasteiger charge is -2.48. The maximum Gasteiger partial charge on any atom is 0.187 e. The Kier molecular flexibility index (Phi) is 45.0. The molecule has 3 radical (unpaired) electrons. The number of rotatable bonds is 21. The average molecular weight is 1710 g/mol. The van der Waals surface area contributed by atoms with E-state index >= 15 is 0 Å². The average Bonchev–Trinajstić information content (AvgIpc) is 0.784. The Labute approximate surface area is 644 Å². The summed E-state index contributed by atoms with van der Waals surface area (Å²) >= 11 is 0. The van der Waals surface area contributed by atoms with Crippen LogP contribution in [0.4, 0.5) is 4.70 Å². The Morgan fingerprint density at radius 3 is 0.991 bits per heavy atom. The van der Waals surface area contributed by atoms with Crippen LogP contribution in [0.5, 0.6) is 0 Å². The zero-order valence-electron chi connectivity index (χ0n) is 57.7. The van der Waals surface area contributed by atoms with E-state index in [4.69, 9.17) is 61.6 Å². The van der Waals surface area contributed by atoms with Crippen LogP contribution in [0.25, 0.3) is 0 Å². The first-order valence-electron chi connectivity index (χ1n) is 33.2. The second-order valence-corrected chi connectivity index (χ2v) is 26.6. The van der Waals surface area contributed by atoms with E-state index in [0.717, 1.165) is 0 Å². The zero-order valence-corrected chi connectivity index (χ0v) is 60.0. The van der Waals surface area contributed by atoms with Crippen molar-refractivity contribution in [1.29, 1.82) is 0 Å². The van der Waals surface area contributed by atoms with Crippen molar-refractivity contribution in [2.24, 2.45) is 11.8 Å². The van der Waals surface area contributed by atoms with Gasteiger partial charge in [-0.1, -0.05) is 48.3 Å². The Hall–Kier alpha value is -1.48. The van der Waals surface area contributed by atoms with Gasteiger partial charge in [0.25, 0.3) is 0 Å². The number of ether oxygens (including phenoxy) is 13. The van der Waals surface area contributed by atoms with Crippen molar-refractivity contribution in [3.63, 3.8) is 0 Å². The van der Waals surface area contributed by atoms with Crippen LogP contribution in [0.3, 0.4) is 0 Å². The molecule has 0 bridgehead atoms. The highest BCUT2D eigenvalue weighted by Gasteiger charge is 2.57. The predicted molar refractivity (Wildman–Crippen MR) is 375 cm³/mol. The number of aliphatic hydroxyl groups excluding tert-OH is 27. The maximum absolute atomic E-state index is 10.8. The molecule has 7 heterocycles. The van der Waals surface area contributed by atoms with Crippen LogP contribution in [0.15, 0.2) is 23.3 Å². The van der Waals surface area contributed by atoms with Crippen LogP contribution in [0.2, 0.25) is 0 Å². The van der Waals surface area contributed by atoms with Crippen molar-refractivity contribution in [2.75, 3.05) is 60.5 Å². The fraction of sp³-hybridized carbons (Fsp3) is 0.937. The van der Waals surface area contributed by atoms with E-state index in [9.17, 15) is 138 Å². The highest BCUT2D eigenvalue weighted by molar-refractivity contribution is 14.0. The third-order valence-electron chi connectivity index (χ3n) is 20.0. The molecule has 29 N–H and O–H groups in total. The van der Waals surface area contributed by atoms with Gasteiger partial charge >= 0.3 is 0 Å². The lowest BCUT2D eigenvalue weighted by atomic mass is 9.81. The second kappa shape index (κ2) is 46.5. The van der Waals surface area contributed by atoms with Crippen LogP contribution in [-0.4, -0.2) is 458 Å². The van der Waals surface area contributed by atoms with E-state index in [1.165, 1.54) is 27.2 Å². The Morgan fingerprint density at radius 1 is 0.352 bits per heavy atom. The summed E-state index contributed by atoms with van der Waals surface area (Å²) in [6.45, 7) is 2.28. The summed E-state index contributed by atoms with van der Waals surface area (Å²) in [6, 6.07) is -3.73. The summed E-state index contributed by atoms with van der Waals surface area (Å²) < 4.78 is 70.1. The lowest BCUT2D eigenvalue weighted by molar-refractivity contribution is -0.376. The quantitative estimate of drug-likeness (QED) is 0.0288. The Bertz CT molecular complexity index is 2480. The standard InChI is InChI=1S/C21H37NO12.C20H35NO13.C19H34O15.3CH4.B.FH.HI.2H2/c1-7-9(5-23)4-10(14(26)13(7)25)22-12-8(2)32-21(17(29)15(12)27)34-19-11(6-24)33-20(31-3)18(30)16(19)28;1-6-10(21-8-3-7(4-22)11(24)14(27)12(8)25)13(26)16(29)20(32-6)34-18-9(5-23)33-19(31-2)17(30)15(18)28;1-5-6(2-20)31-18(13(27)9(5)23)34-16-8(4-22)32-19(14(28)11(16)25)33-15-7(3-21)30-17(29)12(26)10(15)24;;;;;;;;/h4,7-8,10-30H,5-6H2,1-3H3;3,6,8-30H,4-5H2,1-2H3;5-29H,2-4H2,1H3;3*1H4;;4*1H/i;;;;;;;;;1+1;. The Morgan fingerprint density at radius 2 is 0.639 bits per heavy atom. The molecule has 9 rings (SSSR count). The molecule has 45 heteroatoms. The minimum atomic E-state index is -1.86. The summed E-state index contributed by atoms with van der Waals surface area (Å²) in [4.78, 5) is 0. The number of methoxy groups -OCH3 is 2. The zero-order chi connectivity index (χ0) is 76.0. The van der Waals surface area contributed by atoms with E-state index in [1.54, 1.807) is 26.8 Å². The summed E-state index contributed by atoms with van der Waals surface area (Å²) in [5.41, 5.74) is 0.593. The molecule has 643 valence electrons. The van der Waals surface area contributed by atoms with Gasteiger partial charge in [-0.25, -0.2) is 0 Å². The van der Waals surface area contributed by atoms with Gasteiger partial charge in [-0.3, -0.25) is 4.70 Å². The highest BCUT2D eigenvalue weighted by Crippen LogP contribution is 2.37. The fourth-order valence-corrected chi connectivity index (χ4v) is 13.5. The van der Waals surface area contributed by atoms with Crippen LogP contribution in [0.1, 0.15) is 52.8 Å². The maximum atomic E-state index is 10.8. The van der Waals surface area contributed by atoms with Gasteiger partial charge in [-0.2, -0.15) is 0 Å². The van der Waals surface area contributed by atoms with Gasteiger partial charge in [0.05, 0.1) is 107 Å². The normalized spacial score (nSPS) is 48.1. The van der Waals surface area contributed by atoms with Gasteiger partial charge in [0.1, 0.15) is 146 Å². The van der Waals surface area contributed by atoms with Crippen molar-refractivity contribution in [3.05, 3.63) is 23.3 Å². The summed E-state index contributed by atoms with van der Waals surface area (Å²) in [5.74, 6) is -1.09. The monoisotopic (exact) mass is 1710 g/mol. The minimum absolute atomic E-state index is 0. The smallest absolute Gasteiger partial charge is 0.187 e.